The highest BCUT2D eigenvalue weighted by atomic mass is 19.4. The first-order chi connectivity index (χ1) is 21.1. The zero-order chi connectivity index (χ0) is 31.0. The van der Waals surface area contributed by atoms with Gasteiger partial charge in [-0.3, -0.25) is 14.6 Å². The summed E-state index contributed by atoms with van der Waals surface area (Å²) in [6.07, 6.45) is 1.63. The molecular formula is C33H39F3N6O2. The van der Waals surface area contributed by atoms with Crippen molar-refractivity contribution in [2.75, 3.05) is 29.9 Å². The number of imidazole rings is 1. The third-order valence-electron chi connectivity index (χ3n) is 9.47. The highest BCUT2D eigenvalue weighted by Crippen LogP contribution is 2.42. The fourth-order valence-corrected chi connectivity index (χ4v) is 7.42. The molecule has 2 aromatic carbocycles. The SMILES string of the molecule is CC(=O)N1CCc2c(nc(C)n2C2C[C@H]3CC[C@H](C2)N3CCCN(C(=O)Nc2ccc(C(F)(F)F)cc2)c2ccccc2)C1. The van der Waals surface area contributed by atoms with Crippen LogP contribution in [-0.2, 0) is 23.9 Å². The number of alkyl halides is 3. The van der Waals surface area contributed by atoms with Crippen molar-refractivity contribution in [2.45, 2.75) is 83.2 Å². The van der Waals surface area contributed by atoms with Crippen LogP contribution in [0.2, 0.25) is 0 Å². The molecule has 1 N–H and O–H groups in total. The maximum absolute atomic E-state index is 13.3. The van der Waals surface area contributed by atoms with Crippen molar-refractivity contribution in [3.63, 3.8) is 0 Å². The zero-order valence-electron chi connectivity index (χ0n) is 25.2. The average Bonchev–Trinajstić information content (AvgIpc) is 3.44. The lowest BCUT2D eigenvalue weighted by atomic mass is 9.95. The number of carbonyl (C=O) groups excluding carboxylic acids is 2. The van der Waals surface area contributed by atoms with Gasteiger partial charge in [0.1, 0.15) is 5.82 Å². The predicted molar refractivity (Wildman–Crippen MR) is 162 cm³/mol. The van der Waals surface area contributed by atoms with Crippen LogP contribution in [0.3, 0.4) is 0 Å². The van der Waals surface area contributed by atoms with Crippen molar-refractivity contribution in [1.29, 1.82) is 0 Å². The van der Waals surface area contributed by atoms with Crippen LogP contribution in [0.4, 0.5) is 29.3 Å². The minimum atomic E-state index is -4.43. The number of urea groups is 1. The van der Waals surface area contributed by atoms with E-state index in [9.17, 15) is 22.8 Å². The molecule has 0 aliphatic carbocycles. The summed E-state index contributed by atoms with van der Waals surface area (Å²) >= 11 is 0. The van der Waals surface area contributed by atoms with E-state index in [-0.39, 0.29) is 11.9 Å². The van der Waals surface area contributed by atoms with Crippen LogP contribution in [0.5, 0.6) is 0 Å². The molecule has 0 radical (unpaired) electrons. The van der Waals surface area contributed by atoms with Crippen molar-refractivity contribution in [1.82, 2.24) is 19.4 Å². The van der Waals surface area contributed by atoms with Gasteiger partial charge in [0, 0.05) is 68.2 Å². The second-order valence-corrected chi connectivity index (χ2v) is 12.2. The quantitative estimate of drug-likeness (QED) is 0.337. The zero-order valence-corrected chi connectivity index (χ0v) is 25.2. The van der Waals surface area contributed by atoms with E-state index in [4.69, 9.17) is 4.98 Å². The van der Waals surface area contributed by atoms with E-state index < -0.39 is 11.7 Å². The summed E-state index contributed by atoms with van der Waals surface area (Å²) in [5, 5.41) is 2.77. The number of halogens is 3. The number of carbonyl (C=O) groups is 2. The van der Waals surface area contributed by atoms with Crippen molar-refractivity contribution in [2.24, 2.45) is 0 Å². The summed E-state index contributed by atoms with van der Waals surface area (Å²) in [5.74, 6) is 1.13. The summed E-state index contributed by atoms with van der Waals surface area (Å²) in [7, 11) is 0. The second-order valence-electron chi connectivity index (χ2n) is 12.2. The Kier molecular flexibility index (Phi) is 8.41. The largest absolute Gasteiger partial charge is 0.416 e. The van der Waals surface area contributed by atoms with Gasteiger partial charge in [0.25, 0.3) is 0 Å². The smallest absolute Gasteiger partial charge is 0.337 e. The third-order valence-corrected chi connectivity index (χ3v) is 9.47. The Hall–Kier alpha value is -3.86. The fourth-order valence-electron chi connectivity index (χ4n) is 7.42. The maximum atomic E-state index is 13.3. The number of fused-ring (bicyclic) bond motifs is 3. The Labute approximate surface area is 255 Å². The van der Waals surface area contributed by atoms with Crippen LogP contribution in [0.1, 0.15) is 67.8 Å². The number of nitrogens with zero attached hydrogens (tertiary/aromatic N) is 5. The van der Waals surface area contributed by atoms with E-state index >= 15 is 0 Å². The standard InChI is InChI=1S/C33H39F3N6O2/c1-22-37-30-21-39(23(2)43)18-15-31(30)42(22)29-19-27-13-14-28(20-29)40(27)16-6-17-41(26-7-4-3-5-8-26)32(44)38-25-11-9-24(10-12-25)33(34,35)36/h3-5,7-12,27-29H,6,13-21H2,1-2H3,(H,38,44)/t27-,28-/m1/s1. The van der Waals surface area contributed by atoms with Crippen LogP contribution in [0.25, 0.3) is 0 Å². The number of piperidine rings is 1. The lowest BCUT2D eigenvalue weighted by molar-refractivity contribution is -0.137. The molecule has 11 heteroatoms. The first-order valence-electron chi connectivity index (χ1n) is 15.5. The number of amides is 3. The fraction of sp³-hybridized carbons (Fsp3) is 0.485. The Bertz CT molecular complexity index is 1480. The predicted octanol–water partition coefficient (Wildman–Crippen LogP) is 6.41. The number of hydrogen-bond donors (Lipinski definition) is 1. The molecule has 44 heavy (non-hydrogen) atoms. The van der Waals surface area contributed by atoms with E-state index in [1.165, 1.54) is 17.8 Å². The van der Waals surface area contributed by atoms with Gasteiger partial charge in [-0.1, -0.05) is 18.2 Å². The Morgan fingerprint density at radius 2 is 1.68 bits per heavy atom. The average molecular weight is 609 g/mol. The van der Waals surface area contributed by atoms with Crippen molar-refractivity contribution >= 4 is 23.3 Å². The van der Waals surface area contributed by atoms with Gasteiger partial charge in [0.2, 0.25) is 5.91 Å². The number of benzene rings is 2. The number of para-hydroxylation sites is 1. The molecule has 3 aliphatic rings. The Balaban J connectivity index is 1.09. The van der Waals surface area contributed by atoms with Gasteiger partial charge in [-0.05, 0) is 75.4 Å². The molecule has 4 heterocycles. The summed E-state index contributed by atoms with van der Waals surface area (Å²) in [5.41, 5.74) is 2.62. The van der Waals surface area contributed by atoms with Crippen LogP contribution >= 0.6 is 0 Å². The Morgan fingerprint density at radius 3 is 2.32 bits per heavy atom. The van der Waals surface area contributed by atoms with Crippen LogP contribution in [0.15, 0.2) is 54.6 Å². The van der Waals surface area contributed by atoms with Crippen LogP contribution in [-0.4, -0.2) is 63.0 Å². The first-order valence-corrected chi connectivity index (χ1v) is 15.5. The molecule has 0 spiro atoms. The van der Waals surface area contributed by atoms with Crippen LogP contribution in [0, 0.1) is 6.92 Å². The lowest BCUT2D eigenvalue weighted by Gasteiger charge is -2.41. The summed E-state index contributed by atoms with van der Waals surface area (Å²) in [6.45, 7) is 6.38. The van der Waals surface area contributed by atoms with Gasteiger partial charge in [0.15, 0.2) is 0 Å². The van der Waals surface area contributed by atoms with E-state index in [0.29, 0.717) is 36.9 Å². The molecule has 8 nitrogen and oxygen atoms in total. The van der Waals surface area contributed by atoms with Gasteiger partial charge < -0.3 is 14.8 Å². The molecule has 0 unspecified atom stereocenters. The number of aromatic nitrogens is 2. The summed E-state index contributed by atoms with van der Waals surface area (Å²) < 4.78 is 41.4. The first kappa shape index (κ1) is 30.2. The summed E-state index contributed by atoms with van der Waals surface area (Å²) in [6, 6.07) is 14.8. The number of hydrogen-bond acceptors (Lipinski definition) is 4. The highest BCUT2D eigenvalue weighted by Gasteiger charge is 2.42. The van der Waals surface area contributed by atoms with E-state index in [1.807, 2.05) is 35.2 Å². The van der Waals surface area contributed by atoms with E-state index in [1.54, 1.807) is 11.8 Å². The third kappa shape index (κ3) is 6.20. The molecule has 3 aromatic rings. The highest BCUT2D eigenvalue weighted by molar-refractivity contribution is 6.01. The molecule has 3 aliphatic heterocycles. The molecule has 2 saturated heterocycles. The monoisotopic (exact) mass is 608 g/mol. The van der Waals surface area contributed by atoms with E-state index in [0.717, 1.165) is 81.0 Å². The van der Waals surface area contributed by atoms with Gasteiger partial charge in [-0.15, -0.1) is 0 Å². The normalized spacial score (nSPS) is 21.7. The molecule has 6 rings (SSSR count). The van der Waals surface area contributed by atoms with Crippen molar-refractivity contribution in [3.05, 3.63) is 77.4 Å². The number of nitrogens with one attached hydrogen (secondary N) is 1. The molecule has 0 saturated carbocycles. The molecular weight excluding hydrogens is 569 g/mol. The number of anilines is 2. The molecule has 1 aromatic heterocycles. The number of rotatable bonds is 7. The molecule has 3 amide bonds. The van der Waals surface area contributed by atoms with Gasteiger partial charge in [-0.2, -0.15) is 13.2 Å². The number of aryl methyl sites for hydroxylation is 1. The second kappa shape index (κ2) is 12.3. The van der Waals surface area contributed by atoms with E-state index in [2.05, 4.69) is 21.7 Å². The van der Waals surface area contributed by atoms with Crippen LogP contribution < -0.4 is 10.2 Å². The van der Waals surface area contributed by atoms with Gasteiger partial charge in [-0.25, -0.2) is 9.78 Å². The van der Waals surface area contributed by atoms with Gasteiger partial charge in [0.05, 0.1) is 17.8 Å². The molecule has 2 bridgehead atoms. The summed E-state index contributed by atoms with van der Waals surface area (Å²) in [4.78, 5) is 36.3. The van der Waals surface area contributed by atoms with Gasteiger partial charge >= 0.3 is 12.2 Å². The Morgan fingerprint density at radius 1 is 1.00 bits per heavy atom. The minimum Gasteiger partial charge on any atom is -0.337 e. The lowest BCUT2D eigenvalue weighted by Crippen LogP contribution is -2.45. The molecule has 2 fully saturated rings. The minimum absolute atomic E-state index is 0.0945. The maximum Gasteiger partial charge on any atom is 0.416 e. The van der Waals surface area contributed by atoms with Crippen molar-refractivity contribution < 1.29 is 22.8 Å². The topological polar surface area (TPSA) is 73.7 Å². The molecule has 234 valence electrons. The molecule has 2 atom stereocenters. The van der Waals surface area contributed by atoms with Crippen molar-refractivity contribution in [3.8, 4) is 0 Å².